The predicted octanol–water partition coefficient (Wildman–Crippen LogP) is 3.55. The summed E-state index contributed by atoms with van der Waals surface area (Å²) in [5.41, 5.74) is 6.04. The van der Waals surface area contributed by atoms with E-state index in [0.29, 0.717) is 5.76 Å². The summed E-state index contributed by atoms with van der Waals surface area (Å²) in [6, 6.07) is 9.63. The summed E-state index contributed by atoms with van der Waals surface area (Å²) in [4.78, 5) is 5.46. The highest BCUT2D eigenvalue weighted by atomic mass is 32.1. The molecule has 0 amide bonds. The lowest BCUT2D eigenvalue weighted by Gasteiger charge is -2.08. The Kier molecular flexibility index (Phi) is 6.28. The summed E-state index contributed by atoms with van der Waals surface area (Å²) < 4.78 is 0. The fourth-order valence-electron chi connectivity index (χ4n) is 1.15. The van der Waals surface area contributed by atoms with Crippen LogP contribution in [0.5, 0.6) is 0 Å². The van der Waals surface area contributed by atoms with Crippen LogP contribution < -0.4 is 10.8 Å². The first-order chi connectivity index (χ1) is 8.72. The van der Waals surface area contributed by atoms with E-state index in [9.17, 15) is 0 Å². The average molecular weight is 260 g/mol. The Hall–Kier alpha value is -2.07. The number of nitrogens with one attached hydrogen (secondary N) is 2. The number of hydrogen-bond donors (Lipinski definition) is 2. The molecule has 0 aromatic heterocycles. The van der Waals surface area contributed by atoms with Crippen LogP contribution in [0.15, 0.2) is 66.6 Å². The van der Waals surface area contributed by atoms with Crippen LogP contribution in [0.4, 0.5) is 5.69 Å². The van der Waals surface area contributed by atoms with Gasteiger partial charge in [-0.05, 0) is 31.2 Å². The van der Waals surface area contributed by atoms with Crippen molar-refractivity contribution in [1.29, 1.82) is 0 Å². The summed E-state index contributed by atoms with van der Waals surface area (Å²) in [7, 11) is 0. The number of hydrogen-bond acceptors (Lipinski definition) is 3. The van der Waals surface area contributed by atoms with E-state index in [1.165, 1.54) is 5.49 Å². The summed E-state index contributed by atoms with van der Waals surface area (Å²) in [5, 5.41) is 2.78. The molecule has 1 aromatic carbocycles. The lowest BCUT2D eigenvalue weighted by molar-refractivity contribution is 0.299. The SMILES string of the molecule is C=C(C)/C=C(\C=C\NC=S)ONc1ccccc1. The van der Waals surface area contributed by atoms with Gasteiger partial charge in [-0.15, -0.1) is 0 Å². The quantitative estimate of drug-likeness (QED) is 0.340. The number of rotatable bonds is 7. The molecule has 0 heterocycles. The molecule has 0 atom stereocenters. The Morgan fingerprint density at radius 1 is 1.33 bits per heavy atom. The predicted molar refractivity (Wildman–Crippen MR) is 80.0 cm³/mol. The molecule has 0 saturated carbocycles. The molecule has 2 N–H and O–H groups in total. The minimum atomic E-state index is 0.635. The van der Waals surface area contributed by atoms with Gasteiger partial charge in [-0.2, -0.15) is 0 Å². The van der Waals surface area contributed by atoms with Gasteiger partial charge in [-0.25, -0.2) is 5.48 Å². The third-order valence-electron chi connectivity index (χ3n) is 1.86. The number of thiocarbonyl (C=S) groups is 1. The summed E-state index contributed by atoms with van der Waals surface area (Å²) >= 11 is 4.65. The molecule has 0 aliphatic heterocycles. The van der Waals surface area contributed by atoms with Crippen LogP contribution in [0.1, 0.15) is 6.92 Å². The molecule has 0 bridgehead atoms. The van der Waals surface area contributed by atoms with E-state index in [0.717, 1.165) is 11.3 Å². The number of benzene rings is 1. The van der Waals surface area contributed by atoms with Gasteiger partial charge >= 0.3 is 0 Å². The van der Waals surface area contributed by atoms with Crippen LogP contribution in [-0.2, 0) is 4.84 Å². The fraction of sp³-hybridized carbons (Fsp3) is 0.0714. The molecule has 0 radical (unpaired) electrons. The summed E-state index contributed by atoms with van der Waals surface area (Å²) in [6.07, 6.45) is 5.26. The first-order valence-electron chi connectivity index (χ1n) is 5.43. The molecule has 18 heavy (non-hydrogen) atoms. The van der Waals surface area contributed by atoms with Crippen molar-refractivity contribution in [1.82, 2.24) is 5.32 Å². The first kappa shape index (κ1) is 14.0. The molecule has 0 unspecified atom stereocenters. The van der Waals surface area contributed by atoms with Crippen LogP contribution in [0, 0.1) is 0 Å². The highest BCUT2D eigenvalue weighted by Crippen LogP contribution is 2.09. The van der Waals surface area contributed by atoms with Crippen LogP contribution in [0.25, 0.3) is 0 Å². The summed E-state index contributed by atoms with van der Waals surface area (Å²) in [6.45, 7) is 5.71. The van der Waals surface area contributed by atoms with Crippen molar-refractivity contribution >= 4 is 23.4 Å². The Labute approximate surface area is 113 Å². The molecular formula is C14H16N2OS. The lowest BCUT2D eigenvalue weighted by Crippen LogP contribution is -2.02. The van der Waals surface area contributed by atoms with E-state index in [1.54, 1.807) is 12.3 Å². The van der Waals surface area contributed by atoms with Gasteiger partial charge < -0.3 is 10.2 Å². The second-order valence-electron chi connectivity index (χ2n) is 3.58. The molecule has 0 saturated heterocycles. The third kappa shape index (κ3) is 5.86. The van der Waals surface area contributed by atoms with E-state index in [4.69, 9.17) is 4.84 Å². The monoisotopic (exact) mass is 260 g/mol. The van der Waals surface area contributed by atoms with Crippen LogP contribution in [0.3, 0.4) is 0 Å². The molecule has 94 valence electrons. The van der Waals surface area contributed by atoms with E-state index in [-0.39, 0.29) is 0 Å². The molecular weight excluding hydrogens is 244 g/mol. The maximum atomic E-state index is 5.46. The molecule has 0 fully saturated rings. The smallest absolute Gasteiger partial charge is 0.156 e. The molecule has 4 heteroatoms. The topological polar surface area (TPSA) is 33.3 Å². The standard InChI is InChI=1S/C14H16N2OS/c1-12(2)10-14(8-9-15-11-18)17-16-13-6-4-3-5-7-13/h3-11,16H,1H2,2H3,(H,15,18)/b9-8+,14-10+. The molecule has 1 rings (SSSR count). The maximum absolute atomic E-state index is 5.46. The van der Waals surface area contributed by atoms with Crippen molar-refractivity contribution in [2.45, 2.75) is 6.92 Å². The zero-order valence-electron chi connectivity index (χ0n) is 10.2. The summed E-state index contributed by atoms with van der Waals surface area (Å²) in [5.74, 6) is 0.635. The van der Waals surface area contributed by atoms with Crippen molar-refractivity contribution in [3.63, 3.8) is 0 Å². The first-order valence-corrected chi connectivity index (χ1v) is 5.91. The van der Waals surface area contributed by atoms with Gasteiger partial charge in [-0.3, -0.25) is 0 Å². The average Bonchev–Trinajstić information content (AvgIpc) is 2.37. The second-order valence-corrected chi connectivity index (χ2v) is 3.82. The highest BCUT2D eigenvalue weighted by molar-refractivity contribution is 7.78. The van der Waals surface area contributed by atoms with Gasteiger partial charge in [0.1, 0.15) is 0 Å². The Bertz CT molecular complexity index is 452. The number of para-hydroxylation sites is 1. The maximum Gasteiger partial charge on any atom is 0.156 e. The minimum Gasteiger partial charge on any atom is -0.382 e. The van der Waals surface area contributed by atoms with Gasteiger partial charge in [-0.1, -0.05) is 42.6 Å². The fourth-order valence-corrected chi connectivity index (χ4v) is 1.23. The third-order valence-corrected chi connectivity index (χ3v) is 2.00. The van der Waals surface area contributed by atoms with Gasteiger partial charge in [0.05, 0.1) is 11.2 Å². The van der Waals surface area contributed by atoms with E-state index in [2.05, 4.69) is 29.6 Å². The molecule has 0 spiro atoms. The van der Waals surface area contributed by atoms with Crippen LogP contribution in [0.2, 0.25) is 0 Å². The highest BCUT2D eigenvalue weighted by Gasteiger charge is 1.95. The van der Waals surface area contributed by atoms with E-state index in [1.807, 2.05) is 43.3 Å². The van der Waals surface area contributed by atoms with Crippen molar-refractivity contribution in [2.24, 2.45) is 0 Å². The Morgan fingerprint density at radius 3 is 2.67 bits per heavy atom. The molecule has 1 aromatic rings. The molecule has 0 aliphatic rings. The number of anilines is 1. The Balaban J connectivity index is 2.62. The second kappa shape index (κ2) is 8.08. The zero-order valence-corrected chi connectivity index (χ0v) is 11.0. The van der Waals surface area contributed by atoms with Gasteiger partial charge in [0, 0.05) is 6.20 Å². The van der Waals surface area contributed by atoms with Crippen molar-refractivity contribution in [2.75, 3.05) is 5.48 Å². The minimum absolute atomic E-state index is 0.635. The largest absolute Gasteiger partial charge is 0.382 e. The van der Waals surface area contributed by atoms with E-state index < -0.39 is 0 Å². The van der Waals surface area contributed by atoms with Gasteiger partial charge in [0.15, 0.2) is 5.76 Å². The van der Waals surface area contributed by atoms with Crippen molar-refractivity contribution in [3.05, 3.63) is 66.6 Å². The van der Waals surface area contributed by atoms with Gasteiger partial charge in [0.2, 0.25) is 0 Å². The van der Waals surface area contributed by atoms with Crippen LogP contribution in [-0.4, -0.2) is 5.49 Å². The molecule has 0 aliphatic carbocycles. The lowest BCUT2D eigenvalue weighted by atomic mass is 10.3. The van der Waals surface area contributed by atoms with E-state index >= 15 is 0 Å². The van der Waals surface area contributed by atoms with Crippen molar-refractivity contribution < 1.29 is 4.84 Å². The zero-order chi connectivity index (χ0) is 13.2. The number of allylic oxidation sites excluding steroid dienone is 3. The van der Waals surface area contributed by atoms with Crippen molar-refractivity contribution in [3.8, 4) is 0 Å². The van der Waals surface area contributed by atoms with Gasteiger partial charge in [0.25, 0.3) is 0 Å². The Morgan fingerprint density at radius 2 is 2.06 bits per heavy atom. The normalized spacial score (nSPS) is 11.1. The molecule has 3 nitrogen and oxygen atoms in total. The van der Waals surface area contributed by atoms with Crippen LogP contribution >= 0.6 is 12.2 Å².